The predicted octanol–water partition coefficient (Wildman–Crippen LogP) is 4.70. The molecule has 32 heavy (non-hydrogen) atoms. The van der Waals surface area contributed by atoms with Gasteiger partial charge in [0.15, 0.2) is 0 Å². The second-order valence-electron chi connectivity index (χ2n) is 10.9. The third kappa shape index (κ3) is 8.08. The molecule has 5 heteroatoms. The normalized spacial score (nSPS) is 23.1. The first-order chi connectivity index (χ1) is 15.3. The van der Waals surface area contributed by atoms with Gasteiger partial charge in [-0.3, -0.25) is 14.6 Å². The van der Waals surface area contributed by atoms with Crippen LogP contribution in [0.2, 0.25) is 0 Å². The summed E-state index contributed by atoms with van der Waals surface area (Å²) in [4.78, 5) is 17.4. The number of benzene rings is 1. The van der Waals surface area contributed by atoms with Crippen LogP contribution < -0.4 is 10.1 Å². The van der Waals surface area contributed by atoms with Crippen LogP contribution in [0.1, 0.15) is 71.8 Å². The Morgan fingerprint density at radius 3 is 2.22 bits per heavy atom. The van der Waals surface area contributed by atoms with Crippen LogP contribution in [-0.4, -0.2) is 61.1 Å². The van der Waals surface area contributed by atoms with Gasteiger partial charge < -0.3 is 10.1 Å². The van der Waals surface area contributed by atoms with Crippen LogP contribution in [0.5, 0.6) is 5.75 Å². The number of carbonyl (C=O) groups is 1. The topological polar surface area (TPSA) is 44.8 Å². The van der Waals surface area contributed by atoms with Crippen LogP contribution in [0, 0.1) is 11.3 Å². The Kier molecular flexibility index (Phi) is 9.42. The zero-order chi connectivity index (χ0) is 23.0. The van der Waals surface area contributed by atoms with E-state index >= 15 is 0 Å². The van der Waals surface area contributed by atoms with Crippen LogP contribution in [0.4, 0.5) is 0 Å². The van der Waals surface area contributed by atoms with Crippen LogP contribution in [0.25, 0.3) is 0 Å². The van der Waals surface area contributed by atoms with E-state index in [9.17, 15) is 4.79 Å². The average molecular weight is 444 g/mol. The molecular formula is C27H45N3O2. The number of nitrogens with zero attached hydrogens (tertiary/aromatic N) is 2. The summed E-state index contributed by atoms with van der Waals surface area (Å²) in [6, 6.07) is 8.89. The van der Waals surface area contributed by atoms with Crippen LogP contribution in [0.3, 0.4) is 0 Å². The van der Waals surface area contributed by atoms with Crippen molar-refractivity contribution in [2.24, 2.45) is 11.3 Å². The lowest BCUT2D eigenvalue weighted by molar-refractivity contribution is -0.123. The van der Waals surface area contributed by atoms with Crippen molar-refractivity contribution in [3.05, 3.63) is 29.8 Å². The number of piperazine rings is 1. The molecule has 0 unspecified atom stereocenters. The molecule has 1 N–H and O–H groups in total. The van der Waals surface area contributed by atoms with E-state index in [-0.39, 0.29) is 5.91 Å². The average Bonchev–Trinajstić information content (AvgIpc) is 2.76. The second-order valence-corrected chi connectivity index (χ2v) is 10.9. The molecule has 0 radical (unpaired) electrons. The lowest BCUT2D eigenvalue weighted by atomic mass is 9.71. The van der Waals surface area contributed by atoms with Crippen molar-refractivity contribution in [3.63, 3.8) is 0 Å². The lowest BCUT2D eigenvalue weighted by Gasteiger charge is -2.38. The van der Waals surface area contributed by atoms with E-state index in [0.717, 1.165) is 76.7 Å². The highest BCUT2D eigenvalue weighted by Crippen LogP contribution is 2.37. The molecule has 180 valence electrons. The van der Waals surface area contributed by atoms with Crippen molar-refractivity contribution in [2.45, 2.75) is 78.8 Å². The first-order valence-electron chi connectivity index (χ1n) is 12.8. The Morgan fingerprint density at radius 2 is 1.62 bits per heavy atom. The first-order valence-corrected chi connectivity index (χ1v) is 12.8. The maximum atomic E-state index is 12.6. The molecule has 1 saturated carbocycles. The summed E-state index contributed by atoms with van der Waals surface area (Å²) >= 11 is 0. The standard InChI is InChI=1S/C27H45N3O2/c1-5-6-19-32-25-13-7-22(8-14-25)20-29-15-17-30(18-16-29)21-26(31)28-24-11-9-23(10-12-24)27(2,3)4/h7-8,13-14,23-24H,5-6,9-12,15-21H2,1-4H3,(H,28,31). The Hall–Kier alpha value is -1.59. The number of nitrogens with one attached hydrogen (secondary N) is 1. The maximum Gasteiger partial charge on any atom is 0.234 e. The highest BCUT2D eigenvalue weighted by atomic mass is 16.5. The van der Waals surface area contributed by atoms with E-state index in [2.05, 4.69) is 67.1 Å². The van der Waals surface area contributed by atoms with E-state index in [1.807, 2.05) is 0 Å². The number of hydrogen-bond donors (Lipinski definition) is 1. The highest BCUT2D eigenvalue weighted by Gasteiger charge is 2.30. The molecule has 1 heterocycles. The molecule has 5 nitrogen and oxygen atoms in total. The fraction of sp³-hybridized carbons (Fsp3) is 0.741. The van der Waals surface area contributed by atoms with Gasteiger partial charge in [0.05, 0.1) is 13.2 Å². The van der Waals surface area contributed by atoms with Gasteiger partial charge in [-0.05, 0) is 61.1 Å². The summed E-state index contributed by atoms with van der Waals surface area (Å²) in [5.74, 6) is 1.95. The van der Waals surface area contributed by atoms with Crippen LogP contribution >= 0.6 is 0 Å². The first kappa shape index (κ1) is 25.0. The second kappa shape index (κ2) is 12.0. The third-order valence-electron chi connectivity index (χ3n) is 7.25. The van der Waals surface area contributed by atoms with Gasteiger partial charge in [0.2, 0.25) is 5.91 Å². The SMILES string of the molecule is CCCCOc1ccc(CN2CCN(CC(=O)NC3CCC(C(C)(C)C)CC3)CC2)cc1. The minimum absolute atomic E-state index is 0.205. The molecule has 1 aliphatic heterocycles. The van der Waals surface area contributed by atoms with Gasteiger partial charge >= 0.3 is 0 Å². The van der Waals surface area contributed by atoms with Gasteiger partial charge in [-0.15, -0.1) is 0 Å². The molecule has 1 aliphatic carbocycles. The molecule has 0 spiro atoms. The Morgan fingerprint density at radius 1 is 1.00 bits per heavy atom. The summed E-state index contributed by atoms with van der Waals surface area (Å²) in [6.07, 6.45) is 6.98. The fourth-order valence-electron chi connectivity index (χ4n) is 4.97. The molecule has 1 amide bonds. The molecule has 1 saturated heterocycles. The Bertz CT molecular complexity index is 682. The molecular weight excluding hydrogens is 398 g/mol. The molecule has 0 aromatic heterocycles. The summed E-state index contributed by atoms with van der Waals surface area (Å²) in [5, 5.41) is 3.31. The quantitative estimate of drug-likeness (QED) is 0.562. The smallest absolute Gasteiger partial charge is 0.234 e. The summed E-state index contributed by atoms with van der Waals surface area (Å²) in [7, 11) is 0. The van der Waals surface area contributed by atoms with Crippen LogP contribution in [-0.2, 0) is 11.3 Å². The number of carbonyl (C=O) groups excluding carboxylic acids is 1. The number of unbranched alkanes of at least 4 members (excludes halogenated alkanes) is 1. The van der Waals surface area contributed by atoms with Crippen molar-refractivity contribution < 1.29 is 9.53 Å². The largest absolute Gasteiger partial charge is 0.494 e. The fourth-order valence-corrected chi connectivity index (χ4v) is 4.97. The number of amides is 1. The van der Waals surface area contributed by atoms with Crippen molar-refractivity contribution in [1.82, 2.24) is 15.1 Å². The van der Waals surface area contributed by atoms with Crippen molar-refractivity contribution in [2.75, 3.05) is 39.3 Å². The Labute approximate surface area is 195 Å². The molecule has 2 fully saturated rings. The number of rotatable bonds is 9. The monoisotopic (exact) mass is 443 g/mol. The van der Waals surface area contributed by atoms with Gasteiger partial charge in [-0.25, -0.2) is 0 Å². The highest BCUT2D eigenvalue weighted by molar-refractivity contribution is 5.78. The minimum atomic E-state index is 0.205. The van der Waals surface area contributed by atoms with Crippen molar-refractivity contribution >= 4 is 5.91 Å². The van der Waals surface area contributed by atoms with E-state index in [1.54, 1.807) is 0 Å². The van der Waals surface area contributed by atoms with E-state index < -0.39 is 0 Å². The summed E-state index contributed by atoms with van der Waals surface area (Å²) in [6.45, 7) is 15.4. The molecule has 0 bridgehead atoms. The van der Waals surface area contributed by atoms with E-state index in [4.69, 9.17) is 4.74 Å². The number of ether oxygens (including phenoxy) is 1. The van der Waals surface area contributed by atoms with Gasteiger partial charge in [0.1, 0.15) is 5.75 Å². The zero-order valence-corrected chi connectivity index (χ0v) is 20.9. The van der Waals surface area contributed by atoms with Gasteiger partial charge in [0, 0.05) is 38.8 Å². The predicted molar refractivity (Wildman–Crippen MR) is 132 cm³/mol. The van der Waals surface area contributed by atoms with Crippen molar-refractivity contribution in [1.29, 1.82) is 0 Å². The minimum Gasteiger partial charge on any atom is -0.494 e. The molecule has 1 aromatic rings. The van der Waals surface area contributed by atoms with Gasteiger partial charge in [0.25, 0.3) is 0 Å². The zero-order valence-electron chi connectivity index (χ0n) is 20.9. The molecule has 3 rings (SSSR count). The van der Waals surface area contributed by atoms with Crippen LogP contribution in [0.15, 0.2) is 24.3 Å². The summed E-state index contributed by atoms with van der Waals surface area (Å²) in [5.41, 5.74) is 1.71. The van der Waals surface area contributed by atoms with E-state index in [1.165, 1.54) is 18.4 Å². The number of hydrogen-bond acceptors (Lipinski definition) is 4. The maximum absolute atomic E-state index is 12.6. The van der Waals surface area contributed by atoms with Crippen molar-refractivity contribution in [3.8, 4) is 5.75 Å². The van der Waals surface area contributed by atoms with Gasteiger partial charge in [-0.2, -0.15) is 0 Å². The summed E-state index contributed by atoms with van der Waals surface area (Å²) < 4.78 is 5.76. The molecule has 0 atom stereocenters. The lowest BCUT2D eigenvalue weighted by Crippen LogP contribution is -2.50. The van der Waals surface area contributed by atoms with Gasteiger partial charge in [-0.1, -0.05) is 46.2 Å². The Balaban J connectivity index is 1.32. The molecule has 2 aliphatic rings. The third-order valence-corrected chi connectivity index (χ3v) is 7.25. The van der Waals surface area contributed by atoms with E-state index in [0.29, 0.717) is 18.0 Å². The molecule has 1 aromatic carbocycles.